The number of nitrogens with one attached hydrogen (secondary N) is 1. The van der Waals surface area contributed by atoms with Gasteiger partial charge in [-0.15, -0.1) is 0 Å². The van der Waals surface area contributed by atoms with Crippen LogP contribution in [-0.4, -0.2) is 77.7 Å². The van der Waals surface area contributed by atoms with Gasteiger partial charge in [-0.2, -0.15) is 0 Å². The summed E-state index contributed by atoms with van der Waals surface area (Å²) in [4.78, 5) is 24.8. The molecule has 0 aromatic heterocycles. The third kappa shape index (κ3) is 4.24. The summed E-state index contributed by atoms with van der Waals surface area (Å²) in [5.41, 5.74) is -1.37. The molecule has 9 nitrogen and oxygen atoms in total. The van der Waals surface area contributed by atoms with Crippen LogP contribution in [0.15, 0.2) is 0 Å². The van der Waals surface area contributed by atoms with E-state index in [1.807, 2.05) is 0 Å². The number of rotatable bonds is 5. The van der Waals surface area contributed by atoms with Gasteiger partial charge in [0.25, 0.3) is 0 Å². The maximum absolute atomic E-state index is 12.8. The number of hydrogen-bond donors (Lipinski definition) is 3. The Bertz CT molecular complexity index is 1230. The van der Waals surface area contributed by atoms with Crippen LogP contribution >= 0.6 is 0 Å². The Morgan fingerprint density at radius 2 is 1.67 bits per heavy atom. The molecule has 0 aromatic rings. The lowest BCUT2D eigenvalue weighted by molar-refractivity contribution is -0.216. The van der Waals surface area contributed by atoms with Gasteiger partial charge in [0.05, 0.1) is 43.2 Å². The van der Waals surface area contributed by atoms with Gasteiger partial charge < -0.3 is 34.5 Å². The smallest absolute Gasteiger partial charge is 0.407 e. The molecule has 3 N–H and O–H groups in total. The molecule has 13 atom stereocenters. The Hall–Kier alpha value is -1.42. The summed E-state index contributed by atoms with van der Waals surface area (Å²) in [5, 5.41) is 26.4. The molecule has 0 aromatic carbocycles. The van der Waals surface area contributed by atoms with Gasteiger partial charge in [0.1, 0.15) is 6.10 Å². The molecule has 2 heterocycles. The fraction of sp³-hybridized carbons (Fsp3) is 0.944. The van der Waals surface area contributed by atoms with Gasteiger partial charge in [-0.1, -0.05) is 34.6 Å². The van der Waals surface area contributed by atoms with Crippen LogP contribution in [-0.2, 0) is 23.7 Å². The van der Waals surface area contributed by atoms with E-state index in [2.05, 4.69) is 39.9 Å². The highest BCUT2D eigenvalue weighted by atomic mass is 16.6. The van der Waals surface area contributed by atoms with E-state index < -0.39 is 29.9 Å². The van der Waals surface area contributed by atoms with Crippen LogP contribution in [0, 0.1) is 50.7 Å². The summed E-state index contributed by atoms with van der Waals surface area (Å²) in [6.45, 7) is 17.5. The minimum Gasteiger partial charge on any atom is -0.457 e. The fourth-order valence-corrected chi connectivity index (χ4v) is 13.2. The lowest BCUT2D eigenvalue weighted by Crippen LogP contribution is -2.60. The van der Waals surface area contributed by atoms with E-state index in [1.54, 1.807) is 13.8 Å². The van der Waals surface area contributed by atoms with Crippen molar-refractivity contribution in [3.05, 3.63) is 0 Å². The molecule has 2 spiro atoms. The topological polar surface area (TPSA) is 124 Å². The highest BCUT2D eigenvalue weighted by molar-refractivity contribution is 5.68. The second-order valence-corrected chi connectivity index (χ2v) is 18.0. The third-order valence-electron chi connectivity index (χ3n) is 15.3. The van der Waals surface area contributed by atoms with Gasteiger partial charge in [-0.05, 0) is 105 Å². The van der Waals surface area contributed by atoms with E-state index in [0.717, 1.165) is 32.1 Å². The number of carbonyl (C=O) groups excluding carboxylic acids is 2. The Morgan fingerprint density at radius 1 is 1.00 bits per heavy atom. The number of alkyl carbamates (subject to hydrolysis) is 1. The SMILES string of the molecule is CC(=O)O[C@@H]([C@@H]1C[C@@H](C)[C@H]2[C@H](O1)[C@H](O)[C@@]1(C)[C@@H]3CC[C@H]4C(C)(C)[C@@H](OC(=O)NC5COC5)CC[C@@]45C[C@@]35CC[C@]21C)C(C)(C)O. The third-order valence-corrected chi connectivity index (χ3v) is 15.3. The number of aliphatic hydroxyl groups is 2. The molecular formula is C36H57NO8. The van der Waals surface area contributed by atoms with Crippen LogP contribution in [0.5, 0.6) is 0 Å². The first-order chi connectivity index (χ1) is 20.9. The summed E-state index contributed by atoms with van der Waals surface area (Å²) in [6.07, 6.45) is 5.52. The van der Waals surface area contributed by atoms with Crippen molar-refractivity contribution in [3.63, 3.8) is 0 Å². The Labute approximate surface area is 268 Å². The number of hydrogen-bond acceptors (Lipinski definition) is 8. The molecule has 7 fully saturated rings. The van der Waals surface area contributed by atoms with Gasteiger partial charge in [0.15, 0.2) is 6.10 Å². The molecule has 5 saturated carbocycles. The molecule has 1 amide bonds. The molecule has 9 heteroatoms. The van der Waals surface area contributed by atoms with Crippen LogP contribution in [0.1, 0.15) is 107 Å². The predicted octanol–water partition coefficient (Wildman–Crippen LogP) is 5.00. The molecular weight excluding hydrogens is 574 g/mol. The molecule has 7 aliphatic rings. The van der Waals surface area contributed by atoms with E-state index in [0.29, 0.717) is 31.5 Å². The monoisotopic (exact) mass is 631 g/mol. The zero-order valence-electron chi connectivity index (χ0n) is 28.7. The molecule has 45 heavy (non-hydrogen) atoms. The first-order valence-electron chi connectivity index (χ1n) is 17.7. The van der Waals surface area contributed by atoms with Gasteiger partial charge in [-0.25, -0.2) is 4.79 Å². The normalized spacial score (nSPS) is 50.4. The van der Waals surface area contributed by atoms with Crippen LogP contribution in [0.25, 0.3) is 0 Å². The summed E-state index contributed by atoms with van der Waals surface area (Å²) < 4.78 is 23.8. The molecule has 2 aliphatic heterocycles. The van der Waals surface area contributed by atoms with Crippen molar-refractivity contribution in [2.75, 3.05) is 13.2 Å². The van der Waals surface area contributed by atoms with Gasteiger partial charge >= 0.3 is 12.1 Å². The van der Waals surface area contributed by atoms with E-state index in [4.69, 9.17) is 18.9 Å². The van der Waals surface area contributed by atoms with Crippen molar-refractivity contribution in [1.82, 2.24) is 5.32 Å². The molecule has 2 saturated heterocycles. The van der Waals surface area contributed by atoms with Gasteiger partial charge in [-0.3, -0.25) is 4.79 Å². The highest BCUT2D eigenvalue weighted by Crippen LogP contribution is 2.89. The first kappa shape index (κ1) is 32.1. The fourth-order valence-electron chi connectivity index (χ4n) is 13.2. The quantitative estimate of drug-likeness (QED) is 0.363. The number of aliphatic hydroxyl groups excluding tert-OH is 1. The van der Waals surface area contributed by atoms with Crippen molar-refractivity contribution in [2.24, 2.45) is 50.7 Å². The summed E-state index contributed by atoms with van der Waals surface area (Å²) in [7, 11) is 0. The van der Waals surface area contributed by atoms with Gasteiger partial charge in [0.2, 0.25) is 0 Å². The van der Waals surface area contributed by atoms with Crippen LogP contribution < -0.4 is 5.32 Å². The van der Waals surface area contributed by atoms with Gasteiger partial charge in [0, 0.05) is 17.8 Å². The Kier molecular flexibility index (Phi) is 7.18. The number of esters is 1. The number of carbonyl (C=O) groups is 2. The lowest BCUT2D eigenvalue weighted by atomic mass is 9.41. The Balaban J connectivity index is 1.14. The number of fused-ring (bicyclic) bond motifs is 4. The van der Waals surface area contributed by atoms with Crippen LogP contribution in [0.2, 0.25) is 0 Å². The second-order valence-electron chi connectivity index (χ2n) is 18.0. The second kappa shape index (κ2) is 10.1. The lowest BCUT2D eigenvalue weighted by Gasteiger charge is -2.63. The molecule has 0 bridgehead atoms. The van der Waals surface area contributed by atoms with E-state index in [-0.39, 0.29) is 63.3 Å². The molecule has 0 unspecified atom stereocenters. The number of amides is 1. The van der Waals surface area contributed by atoms with E-state index in [9.17, 15) is 19.8 Å². The largest absolute Gasteiger partial charge is 0.457 e. The Morgan fingerprint density at radius 3 is 2.29 bits per heavy atom. The summed E-state index contributed by atoms with van der Waals surface area (Å²) in [6, 6.07) is 0.0566. The van der Waals surface area contributed by atoms with Crippen LogP contribution in [0.3, 0.4) is 0 Å². The molecule has 0 radical (unpaired) electrons. The van der Waals surface area contributed by atoms with Crippen LogP contribution in [0.4, 0.5) is 4.79 Å². The molecule has 7 rings (SSSR count). The van der Waals surface area contributed by atoms with Crippen molar-refractivity contribution in [3.8, 4) is 0 Å². The minimum atomic E-state index is -1.27. The van der Waals surface area contributed by atoms with Crippen molar-refractivity contribution < 1.29 is 38.7 Å². The average molecular weight is 632 g/mol. The molecule has 254 valence electrons. The maximum Gasteiger partial charge on any atom is 0.407 e. The predicted molar refractivity (Wildman–Crippen MR) is 166 cm³/mol. The highest BCUT2D eigenvalue weighted by Gasteiger charge is 2.84. The van der Waals surface area contributed by atoms with Crippen molar-refractivity contribution >= 4 is 12.1 Å². The summed E-state index contributed by atoms with van der Waals surface area (Å²) in [5.74, 6) is 0.874. The molecule has 5 aliphatic carbocycles. The average Bonchev–Trinajstić information content (AvgIpc) is 3.55. The first-order valence-corrected chi connectivity index (χ1v) is 17.7. The maximum atomic E-state index is 12.8. The number of ether oxygens (including phenoxy) is 4. The standard InChI is InChI=1S/C36H57NO8/c1-19-15-22(29(32(5,6)41)43-20(2)38)44-27-26(19)33(7)13-14-36-18-35(36)12-11-25(45-30(40)37-21-16-42-17-21)31(3,4)23(35)9-10-24(36)34(33,8)28(27)39/h19,21-29,39,41H,9-18H2,1-8H3,(H,37,40)/t19-,22+,23+,24+,25+,26+,27+,28+,29+,33-,34-,35-,36+/m1/s1. The van der Waals surface area contributed by atoms with Crippen molar-refractivity contribution in [1.29, 1.82) is 0 Å². The van der Waals surface area contributed by atoms with E-state index in [1.165, 1.54) is 19.8 Å². The zero-order valence-corrected chi connectivity index (χ0v) is 28.7. The van der Waals surface area contributed by atoms with Crippen molar-refractivity contribution in [2.45, 2.75) is 149 Å². The summed E-state index contributed by atoms with van der Waals surface area (Å²) >= 11 is 0. The minimum absolute atomic E-state index is 0.0566. The van der Waals surface area contributed by atoms with E-state index >= 15 is 0 Å². The zero-order chi connectivity index (χ0) is 32.5.